The second-order valence-corrected chi connectivity index (χ2v) is 4.92. The predicted octanol–water partition coefficient (Wildman–Crippen LogP) is 1.85. The van der Waals surface area contributed by atoms with Crippen molar-refractivity contribution in [2.24, 2.45) is 11.3 Å². The molecular formula is C13H17NO. The van der Waals surface area contributed by atoms with Crippen LogP contribution >= 0.6 is 0 Å². The second-order valence-electron chi connectivity index (χ2n) is 4.92. The number of methoxy groups -OCH3 is 1. The summed E-state index contributed by atoms with van der Waals surface area (Å²) < 4.78 is 5.25. The Morgan fingerprint density at radius 1 is 1.53 bits per heavy atom. The summed E-state index contributed by atoms with van der Waals surface area (Å²) in [5, 5.41) is 3.48. The highest BCUT2D eigenvalue weighted by Crippen LogP contribution is 2.56. The van der Waals surface area contributed by atoms with Crippen molar-refractivity contribution in [2.45, 2.75) is 12.8 Å². The normalized spacial score (nSPS) is 32.5. The minimum absolute atomic E-state index is 0.590. The molecule has 3 rings (SSSR count). The SMILES string of the molecule is COc1cccc(CC23CNCC2C3)c1. The van der Waals surface area contributed by atoms with Crippen LogP contribution in [-0.4, -0.2) is 20.2 Å². The van der Waals surface area contributed by atoms with Crippen molar-refractivity contribution in [2.75, 3.05) is 20.2 Å². The molecule has 1 aliphatic heterocycles. The Kier molecular flexibility index (Phi) is 1.99. The van der Waals surface area contributed by atoms with Crippen LogP contribution in [0.5, 0.6) is 5.75 Å². The minimum atomic E-state index is 0.590. The summed E-state index contributed by atoms with van der Waals surface area (Å²) in [4.78, 5) is 0. The van der Waals surface area contributed by atoms with Gasteiger partial charge in [-0.3, -0.25) is 0 Å². The molecule has 2 aliphatic rings. The standard InChI is InChI=1S/C13H17NO/c1-15-12-4-2-3-10(5-12)6-13-7-11(13)8-14-9-13/h2-5,11,14H,6-9H2,1H3. The predicted molar refractivity (Wildman–Crippen MR) is 60.1 cm³/mol. The summed E-state index contributed by atoms with van der Waals surface area (Å²) >= 11 is 0. The summed E-state index contributed by atoms with van der Waals surface area (Å²) in [5.74, 6) is 1.91. The Labute approximate surface area is 90.6 Å². The van der Waals surface area contributed by atoms with Crippen molar-refractivity contribution < 1.29 is 4.74 Å². The zero-order valence-corrected chi connectivity index (χ0v) is 9.12. The third kappa shape index (κ3) is 1.53. The minimum Gasteiger partial charge on any atom is -0.497 e. The first-order valence-electron chi connectivity index (χ1n) is 5.66. The molecule has 1 saturated carbocycles. The molecule has 1 N–H and O–H groups in total. The van der Waals surface area contributed by atoms with Gasteiger partial charge in [-0.2, -0.15) is 0 Å². The van der Waals surface area contributed by atoms with Crippen molar-refractivity contribution >= 4 is 0 Å². The fourth-order valence-electron chi connectivity index (χ4n) is 2.90. The highest BCUT2D eigenvalue weighted by molar-refractivity contribution is 5.31. The molecule has 0 spiro atoms. The number of ether oxygens (including phenoxy) is 1. The zero-order chi connectivity index (χ0) is 10.3. The summed E-state index contributed by atoms with van der Waals surface area (Å²) in [6.07, 6.45) is 2.62. The van der Waals surface area contributed by atoms with Crippen molar-refractivity contribution in [3.8, 4) is 5.75 Å². The smallest absolute Gasteiger partial charge is 0.119 e. The largest absolute Gasteiger partial charge is 0.497 e. The van der Waals surface area contributed by atoms with Gasteiger partial charge in [0.05, 0.1) is 7.11 Å². The third-order valence-corrected chi connectivity index (χ3v) is 3.92. The number of benzene rings is 1. The van der Waals surface area contributed by atoms with Crippen molar-refractivity contribution in [3.05, 3.63) is 29.8 Å². The van der Waals surface area contributed by atoms with Crippen LogP contribution in [-0.2, 0) is 6.42 Å². The van der Waals surface area contributed by atoms with E-state index in [0.717, 1.165) is 11.7 Å². The van der Waals surface area contributed by atoms with Crippen LogP contribution in [0.15, 0.2) is 24.3 Å². The fourth-order valence-corrected chi connectivity index (χ4v) is 2.90. The van der Waals surface area contributed by atoms with E-state index in [-0.39, 0.29) is 0 Å². The van der Waals surface area contributed by atoms with Crippen LogP contribution < -0.4 is 10.1 Å². The number of hydrogen-bond donors (Lipinski definition) is 1. The Morgan fingerprint density at radius 3 is 3.13 bits per heavy atom. The highest BCUT2D eigenvalue weighted by atomic mass is 16.5. The zero-order valence-electron chi connectivity index (χ0n) is 9.12. The summed E-state index contributed by atoms with van der Waals surface area (Å²) in [5.41, 5.74) is 2.01. The molecule has 2 unspecified atom stereocenters. The molecule has 15 heavy (non-hydrogen) atoms. The van der Waals surface area contributed by atoms with Gasteiger partial charge in [-0.05, 0) is 48.4 Å². The van der Waals surface area contributed by atoms with Gasteiger partial charge in [-0.25, -0.2) is 0 Å². The quantitative estimate of drug-likeness (QED) is 0.809. The first-order valence-corrected chi connectivity index (χ1v) is 5.66. The molecule has 1 aliphatic carbocycles. The molecule has 1 aromatic carbocycles. The van der Waals surface area contributed by atoms with Gasteiger partial charge in [-0.1, -0.05) is 12.1 Å². The van der Waals surface area contributed by atoms with Crippen molar-refractivity contribution in [1.82, 2.24) is 5.32 Å². The lowest BCUT2D eigenvalue weighted by atomic mass is 9.96. The summed E-state index contributed by atoms with van der Waals surface area (Å²) in [6.45, 7) is 2.43. The molecule has 0 bridgehead atoms. The molecule has 1 heterocycles. The average molecular weight is 203 g/mol. The molecule has 80 valence electrons. The van der Waals surface area contributed by atoms with Gasteiger partial charge in [-0.15, -0.1) is 0 Å². The number of fused-ring (bicyclic) bond motifs is 1. The van der Waals surface area contributed by atoms with Crippen LogP contribution in [0.25, 0.3) is 0 Å². The van der Waals surface area contributed by atoms with Crippen LogP contribution in [0.3, 0.4) is 0 Å². The van der Waals surface area contributed by atoms with Gasteiger partial charge in [0.15, 0.2) is 0 Å². The van der Waals surface area contributed by atoms with Crippen LogP contribution in [0.2, 0.25) is 0 Å². The van der Waals surface area contributed by atoms with E-state index in [1.807, 2.05) is 6.07 Å². The van der Waals surface area contributed by atoms with Gasteiger partial charge in [0.25, 0.3) is 0 Å². The van der Waals surface area contributed by atoms with E-state index >= 15 is 0 Å². The molecule has 2 heteroatoms. The lowest BCUT2D eigenvalue weighted by molar-refractivity contribution is 0.413. The maximum atomic E-state index is 5.25. The second kappa shape index (κ2) is 3.24. The summed E-state index contributed by atoms with van der Waals surface area (Å²) in [7, 11) is 1.73. The highest BCUT2D eigenvalue weighted by Gasteiger charge is 2.56. The molecular weight excluding hydrogens is 186 g/mol. The van der Waals surface area contributed by atoms with E-state index in [0.29, 0.717) is 5.41 Å². The van der Waals surface area contributed by atoms with Crippen molar-refractivity contribution in [3.63, 3.8) is 0 Å². The number of piperidine rings is 1. The first kappa shape index (κ1) is 9.22. The molecule has 1 saturated heterocycles. The van der Waals surface area contributed by atoms with E-state index in [1.165, 1.54) is 31.5 Å². The fraction of sp³-hybridized carbons (Fsp3) is 0.538. The lowest BCUT2D eigenvalue weighted by Crippen LogP contribution is -2.17. The summed E-state index contributed by atoms with van der Waals surface area (Å²) in [6, 6.07) is 8.48. The maximum absolute atomic E-state index is 5.25. The maximum Gasteiger partial charge on any atom is 0.119 e. The van der Waals surface area contributed by atoms with Crippen LogP contribution in [0.1, 0.15) is 12.0 Å². The van der Waals surface area contributed by atoms with Gasteiger partial charge in [0.1, 0.15) is 5.75 Å². The van der Waals surface area contributed by atoms with Gasteiger partial charge in [0.2, 0.25) is 0 Å². The van der Waals surface area contributed by atoms with Gasteiger partial charge >= 0.3 is 0 Å². The Morgan fingerprint density at radius 2 is 2.47 bits per heavy atom. The van der Waals surface area contributed by atoms with Crippen LogP contribution in [0, 0.1) is 11.3 Å². The molecule has 2 nitrogen and oxygen atoms in total. The third-order valence-electron chi connectivity index (χ3n) is 3.92. The van der Waals surface area contributed by atoms with Gasteiger partial charge < -0.3 is 10.1 Å². The van der Waals surface area contributed by atoms with Crippen LogP contribution in [0.4, 0.5) is 0 Å². The van der Waals surface area contributed by atoms with E-state index in [4.69, 9.17) is 4.74 Å². The number of nitrogens with one attached hydrogen (secondary N) is 1. The molecule has 0 radical (unpaired) electrons. The van der Waals surface area contributed by atoms with Crippen molar-refractivity contribution in [1.29, 1.82) is 0 Å². The lowest BCUT2D eigenvalue weighted by Gasteiger charge is -2.12. The molecule has 1 aromatic rings. The van der Waals surface area contributed by atoms with Gasteiger partial charge in [0, 0.05) is 6.54 Å². The molecule has 2 atom stereocenters. The molecule has 2 fully saturated rings. The average Bonchev–Trinajstić information content (AvgIpc) is 2.80. The number of hydrogen-bond acceptors (Lipinski definition) is 2. The van der Waals surface area contributed by atoms with E-state index < -0.39 is 0 Å². The van der Waals surface area contributed by atoms with E-state index in [1.54, 1.807) is 7.11 Å². The van der Waals surface area contributed by atoms with E-state index in [9.17, 15) is 0 Å². The monoisotopic (exact) mass is 203 g/mol. The Hall–Kier alpha value is -1.02. The number of rotatable bonds is 3. The first-order chi connectivity index (χ1) is 7.32. The molecule has 0 aromatic heterocycles. The Bertz CT molecular complexity index is 377. The topological polar surface area (TPSA) is 21.3 Å². The van der Waals surface area contributed by atoms with E-state index in [2.05, 4.69) is 23.5 Å². The Balaban J connectivity index is 1.77. The molecule has 0 amide bonds.